The van der Waals surface area contributed by atoms with Gasteiger partial charge >= 0.3 is 0 Å². The molecule has 0 aliphatic rings. The molecule has 3 rings (SSSR count). The Kier molecular flexibility index (Phi) is 4.31. The maximum Gasteiger partial charge on any atom is 0.261 e. The van der Waals surface area contributed by atoms with E-state index in [0.717, 1.165) is 18.2 Å². The number of aryl methyl sites for hydroxylation is 1. The van der Waals surface area contributed by atoms with Gasteiger partial charge in [-0.25, -0.2) is 8.78 Å². The molecule has 1 amide bonds. The first kappa shape index (κ1) is 16.1. The summed E-state index contributed by atoms with van der Waals surface area (Å²) in [5.41, 5.74) is 0.912. The molecule has 0 aliphatic carbocycles. The Labute approximate surface area is 141 Å². The van der Waals surface area contributed by atoms with Gasteiger partial charge in [0.15, 0.2) is 0 Å². The molecular formula is C17H11ClF2N2O2. The lowest BCUT2D eigenvalue weighted by molar-refractivity contribution is 0.102. The van der Waals surface area contributed by atoms with E-state index in [1.165, 1.54) is 0 Å². The zero-order valence-corrected chi connectivity index (χ0v) is 13.2. The minimum atomic E-state index is -0.793. The van der Waals surface area contributed by atoms with E-state index in [9.17, 15) is 13.6 Å². The second-order valence-corrected chi connectivity index (χ2v) is 5.46. The molecule has 7 heteroatoms. The Morgan fingerprint density at radius 2 is 1.83 bits per heavy atom. The Morgan fingerprint density at radius 3 is 2.50 bits per heavy atom. The number of amides is 1. The third-order valence-electron chi connectivity index (χ3n) is 3.34. The highest BCUT2D eigenvalue weighted by atomic mass is 35.5. The van der Waals surface area contributed by atoms with Crippen molar-refractivity contribution in [1.82, 2.24) is 5.16 Å². The summed E-state index contributed by atoms with van der Waals surface area (Å²) in [7, 11) is 0. The predicted molar refractivity (Wildman–Crippen MR) is 86.0 cm³/mol. The normalized spacial score (nSPS) is 10.7. The van der Waals surface area contributed by atoms with Crippen LogP contribution in [0.2, 0.25) is 5.02 Å². The Morgan fingerprint density at radius 1 is 1.17 bits per heavy atom. The van der Waals surface area contributed by atoms with Crippen molar-refractivity contribution in [2.24, 2.45) is 0 Å². The van der Waals surface area contributed by atoms with Crippen LogP contribution in [0.4, 0.5) is 14.5 Å². The quantitative estimate of drug-likeness (QED) is 0.737. The summed E-state index contributed by atoms with van der Waals surface area (Å²) in [6.07, 6.45) is 0. The van der Waals surface area contributed by atoms with Crippen LogP contribution in [0, 0.1) is 18.6 Å². The lowest BCUT2D eigenvalue weighted by atomic mass is 10.1. The third-order valence-corrected chi connectivity index (χ3v) is 3.67. The van der Waals surface area contributed by atoms with Gasteiger partial charge in [-0.3, -0.25) is 4.79 Å². The van der Waals surface area contributed by atoms with Gasteiger partial charge < -0.3 is 9.84 Å². The lowest BCUT2D eigenvalue weighted by Crippen LogP contribution is -2.14. The molecule has 0 radical (unpaired) electrons. The molecule has 0 spiro atoms. The Hall–Kier alpha value is -2.73. The highest BCUT2D eigenvalue weighted by Gasteiger charge is 2.23. The van der Waals surface area contributed by atoms with Crippen LogP contribution in [0.25, 0.3) is 11.3 Å². The molecule has 1 N–H and O–H groups in total. The summed E-state index contributed by atoms with van der Waals surface area (Å²) in [6, 6.07) is 9.58. The van der Waals surface area contributed by atoms with Gasteiger partial charge in [-0.15, -0.1) is 0 Å². The van der Waals surface area contributed by atoms with Crippen LogP contribution in [0.3, 0.4) is 0 Å². The molecule has 24 heavy (non-hydrogen) atoms. The summed E-state index contributed by atoms with van der Waals surface area (Å²) in [6.45, 7) is 1.56. The summed E-state index contributed by atoms with van der Waals surface area (Å²) in [4.78, 5) is 12.5. The number of halogens is 3. The van der Waals surface area contributed by atoms with Crippen molar-refractivity contribution in [2.45, 2.75) is 6.92 Å². The standard InChI is InChI=1S/C17H11ClF2N2O2/c1-9-15(16(22-24-9)13-4-2-3-5-14(13)18)17(23)21-12-7-10(19)6-11(20)8-12/h2-8H,1H3,(H,21,23). The molecule has 0 fully saturated rings. The maximum absolute atomic E-state index is 13.3. The molecule has 122 valence electrons. The van der Waals surface area contributed by atoms with E-state index in [2.05, 4.69) is 10.5 Å². The van der Waals surface area contributed by atoms with E-state index < -0.39 is 17.5 Å². The number of hydrogen-bond donors (Lipinski definition) is 1. The fourth-order valence-corrected chi connectivity index (χ4v) is 2.52. The summed E-state index contributed by atoms with van der Waals surface area (Å²) >= 11 is 6.13. The highest BCUT2D eigenvalue weighted by molar-refractivity contribution is 6.33. The van der Waals surface area contributed by atoms with E-state index in [1.54, 1.807) is 31.2 Å². The molecule has 1 heterocycles. The molecule has 0 saturated carbocycles. The van der Waals surface area contributed by atoms with Crippen molar-refractivity contribution in [3.8, 4) is 11.3 Å². The number of benzene rings is 2. The second-order valence-electron chi connectivity index (χ2n) is 5.05. The molecule has 3 aromatic rings. The minimum Gasteiger partial charge on any atom is -0.360 e. The average Bonchev–Trinajstić information content (AvgIpc) is 2.88. The van der Waals surface area contributed by atoms with E-state index in [4.69, 9.17) is 16.1 Å². The number of carbonyl (C=O) groups excluding carboxylic acids is 1. The summed E-state index contributed by atoms with van der Waals surface area (Å²) in [5.74, 6) is -1.93. The Bertz CT molecular complexity index is 904. The monoisotopic (exact) mass is 348 g/mol. The number of anilines is 1. The lowest BCUT2D eigenvalue weighted by Gasteiger charge is -2.07. The molecule has 0 bridgehead atoms. The van der Waals surface area contributed by atoms with Crippen molar-refractivity contribution in [1.29, 1.82) is 0 Å². The first-order valence-electron chi connectivity index (χ1n) is 6.94. The molecule has 0 aliphatic heterocycles. The van der Waals surface area contributed by atoms with Gasteiger partial charge in [-0.05, 0) is 25.1 Å². The average molecular weight is 349 g/mol. The molecular weight excluding hydrogens is 338 g/mol. The first-order valence-corrected chi connectivity index (χ1v) is 7.32. The van der Waals surface area contributed by atoms with Crippen LogP contribution in [0.15, 0.2) is 47.0 Å². The van der Waals surface area contributed by atoms with Crippen LogP contribution in [0.1, 0.15) is 16.1 Å². The van der Waals surface area contributed by atoms with Crippen molar-refractivity contribution >= 4 is 23.2 Å². The Balaban J connectivity index is 1.99. The van der Waals surface area contributed by atoms with Gasteiger partial charge in [0.2, 0.25) is 0 Å². The smallest absolute Gasteiger partial charge is 0.261 e. The van der Waals surface area contributed by atoms with Gasteiger partial charge in [0.1, 0.15) is 28.7 Å². The number of aromatic nitrogens is 1. The molecule has 0 atom stereocenters. The van der Waals surface area contributed by atoms with Crippen molar-refractivity contribution in [3.05, 3.63) is 70.4 Å². The van der Waals surface area contributed by atoms with Crippen molar-refractivity contribution < 1.29 is 18.1 Å². The molecule has 0 saturated heterocycles. The highest BCUT2D eigenvalue weighted by Crippen LogP contribution is 2.31. The van der Waals surface area contributed by atoms with Gasteiger partial charge in [0, 0.05) is 17.3 Å². The van der Waals surface area contributed by atoms with Gasteiger partial charge in [-0.2, -0.15) is 0 Å². The summed E-state index contributed by atoms with van der Waals surface area (Å²) < 4.78 is 31.6. The topological polar surface area (TPSA) is 55.1 Å². The van der Waals surface area contributed by atoms with Crippen molar-refractivity contribution in [2.75, 3.05) is 5.32 Å². The molecule has 1 aromatic heterocycles. The van der Waals surface area contributed by atoms with E-state index in [0.29, 0.717) is 10.6 Å². The minimum absolute atomic E-state index is 0.0109. The zero-order valence-electron chi connectivity index (χ0n) is 12.4. The van der Waals surface area contributed by atoms with Crippen LogP contribution >= 0.6 is 11.6 Å². The van der Waals surface area contributed by atoms with E-state index >= 15 is 0 Å². The van der Waals surface area contributed by atoms with Crippen LogP contribution in [-0.4, -0.2) is 11.1 Å². The summed E-state index contributed by atoms with van der Waals surface area (Å²) in [5, 5.41) is 6.71. The number of carbonyl (C=O) groups is 1. The number of hydrogen-bond acceptors (Lipinski definition) is 3. The second kappa shape index (κ2) is 6.41. The van der Waals surface area contributed by atoms with Gasteiger partial charge in [-0.1, -0.05) is 35.0 Å². The molecule has 0 unspecified atom stereocenters. The first-order chi connectivity index (χ1) is 11.5. The van der Waals surface area contributed by atoms with Gasteiger partial charge in [0.05, 0.1) is 5.02 Å². The fourth-order valence-electron chi connectivity index (χ4n) is 2.30. The van der Waals surface area contributed by atoms with E-state index in [1.807, 2.05) is 0 Å². The molecule has 2 aromatic carbocycles. The third kappa shape index (κ3) is 3.14. The maximum atomic E-state index is 13.3. The van der Waals surface area contributed by atoms with Crippen molar-refractivity contribution in [3.63, 3.8) is 0 Å². The SMILES string of the molecule is Cc1onc(-c2ccccc2Cl)c1C(=O)Nc1cc(F)cc(F)c1. The zero-order chi connectivity index (χ0) is 17.3. The predicted octanol–water partition coefficient (Wildman–Crippen LogP) is 4.83. The number of rotatable bonds is 3. The number of nitrogens with one attached hydrogen (secondary N) is 1. The van der Waals surface area contributed by atoms with Crippen LogP contribution in [-0.2, 0) is 0 Å². The molecule has 4 nitrogen and oxygen atoms in total. The van der Waals surface area contributed by atoms with Crippen LogP contribution in [0.5, 0.6) is 0 Å². The fraction of sp³-hybridized carbons (Fsp3) is 0.0588. The van der Waals surface area contributed by atoms with E-state index in [-0.39, 0.29) is 22.7 Å². The number of nitrogens with zero attached hydrogens (tertiary/aromatic N) is 1. The van der Waals surface area contributed by atoms with Gasteiger partial charge in [0.25, 0.3) is 5.91 Å². The van der Waals surface area contributed by atoms with Crippen LogP contribution < -0.4 is 5.32 Å². The largest absolute Gasteiger partial charge is 0.360 e.